The summed E-state index contributed by atoms with van der Waals surface area (Å²) in [6.07, 6.45) is 5.02. The Kier molecular flexibility index (Phi) is 14.2. The molecule has 0 saturated heterocycles. The first-order valence-electron chi connectivity index (χ1n) is 30.8. The zero-order chi connectivity index (χ0) is 58.7. The predicted molar refractivity (Wildman–Crippen MR) is 362 cm³/mol. The summed E-state index contributed by atoms with van der Waals surface area (Å²) in [7, 11) is -2.70. The van der Waals surface area contributed by atoms with Crippen LogP contribution >= 0.6 is 0 Å². The van der Waals surface area contributed by atoms with E-state index in [9.17, 15) is 0 Å². The van der Waals surface area contributed by atoms with Crippen LogP contribution in [0.5, 0.6) is 0 Å². The van der Waals surface area contributed by atoms with E-state index in [1.165, 1.54) is 122 Å². The van der Waals surface area contributed by atoms with Gasteiger partial charge in [0.1, 0.15) is 0 Å². The van der Waals surface area contributed by atoms with Crippen LogP contribution in [0, 0.1) is 41.5 Å². The van der Waals surface area contributed by atoms with Crippen LogP contribution in [0.2, 0.25) is 26.2 Å². The molecule has 85 heavy (non-hydrogen) atoms. The fourth-order valence-electron chi connectivity index (χ4n) is 15.6. The van der Waals surface area contributed by atoms with Crippen LogP contribution in [0.15, 0.2) is 202 Å². The first-order valence-corrected chi connectivity index (χ1v) is 39.4. The quantitative estimate of drug-likeness (QED) is 0.114. The SMILES string of the molecule is CC1=C(C2C(c3ccc(C)o3)=Cc3c2ccc(C)c3-c2ccccc2)c2c(cc([SiH](C)C)c(C)c2-c2ccccc2)[CH]1[Zr][CH]1C(C)=C(C2C(c3ccc(C)o3)=Cc3c2ccc(C)c3-c2ccccc2)c2c1cc([SiH](C)C)c(C)c2-c1ccccc1. The van der Waals surface area contributed by atoms with Crippen LogP contribution in [0.1, 0.15) is 123 Å². The summed E-state index contributed by atoms with van der Waals surface area (Å²) in [6.45, 7) is 29.0. The molecule has 2 heterocycles. The number of allylic oxidation sites excluding steroid dienone is 6. The molecule has 0 N–H and O–H groups in total. The third-order valence-electron chi connectivity index (χ3n) is 19.5. The summed E-state index contributed by atoms with van der Waals surface area (Å²) in [5, 5.41) is 3.18. The molecule has 2 aromatic heterocycles. The molecule has 0 amide bonds. The molecule has 5 heteroatoms. The number of aryl methyl sites for hydroxylation is 4. The second-order valence-electron chi connectivity index (χ2n) is 25.3. The van der Waals surface area contributed by atoms with Crippen molar-refractivity contribution in [1.82, 2.24) is 0 Å². The average Bonchev–Trinajstić information content (AvgIpc) is 1.74. The van der Waals surface area contributed by atoms with Crippen molar-refractivity contribution in [3.63, 3.8) is 0 Å². The molecule has 10 aromatic rings. The van der Waals surface area contributed by atoms with E-state index >= 15 is 0 Å². The molecule has 0 radical (unpaired) electrons. The predicted octanol–water partition coefficient (Wildman–Crippen LogP) is 19.9. The van der Waals surface area contributed by atoms with Crippen molar-refractivity contribution in [3.8, 4) is 44.5 Å². The zero-order valence-corrected chi connectivity index (χ0v) is 56.0. The van der Waals surface area contributed by atoms with E-state index in [2.05, 4.69) is 276 Å². The molecule has 0 aliphatic heterocycles. The number of benzene rings is 8. The minimum absolute atomic E-state index is 0.0357. The number of fused-ring (bicyclic) bond motifs is 4. The van der Waals surface area contributed by atoms with E-state index in [4.69, 9.17) is 8.83 Å². The van der Waals surface area contributed by atoms with Crippen LogP contribution in [0.4, 0.5) is 0 Å². The fraction of sp³-hybridized carbons (Fsp3) is 0.200. The summed E-state index contributed by atoms with van der Waals surface area (Å²) in [6, 6.07) is 69.1. The molecule has 418 valence electrons. The third-order valence-corrected chi connectivity index (χ3v) is 28.4. The average molecular weight is 1210 g/mol. The maximum absolute atomic E-state index is 6.83. The van der Waals surface area contributed by atoms with Crippen molar-refractivity contribution in [2.45, 2.75) is 101 Å². The van der Waals surface area contributed by atoms with Gasteiger partial charge in [0, 0.05) is 0 Å². The minimum atomic E-state index is -1.62. The van der Waals surface area contributed by atoms with Gasteiger partial charge in [-0.15, -0.1) is 0 Å². The van der Waals surface area contributed by atoms with Gasteiger partial charge in [0.2, 0.25) is 0 Å². The van der Waals surface area contributed by atoms with Gasteiger partial charge in [-0.05, 0) is 0 Å². The Balaban J connectivity index is 1.06. The third kappa shape index (κ3) is 9.09. The van der Waals surface area contributed by atoms with Crippen molar-refractivity contribution < 1.29 is 32.1 Å². The van der Waals surface area contributed by atoms with E-state index in [0.29, 0.717) is 7.25 Å². The van der Waals surface area contributed by atoms with Crippen molar-refractivity contribution in [2.24, 2.45) is 0 Å². The van der Waals surface area contributed by atoms with E-state index in [-0.39, 0.29) is 11.8 Å². The zero-order valence-electron chi connectivity index (χ0n) is 51.3. The van der Waals surface area contributed by atoms with E-state index in [1.807, 2.05) is 0 Å². The van der Waals surface area contributed by atoms with Crippen molar-refractivity contribution >= 4 is 62.4 Å². The first kappa shape index (κ1) is 55.5. The molecule has 0 fully saturated rings. The Morgan fingerprint density at radius 1 is 0.353 bits per heavy atom. The monoisotopic (exact) mass is 1210 g/mol. The van der Waals surface area contributed by atoms with Gasteiger partial charge in [0.25, 0.3) is 0 Å². The van der Waals surface area contributed by atoms with Crippen LogP contribution < -0.4 is 10.4 Å². The fourth-order valence-corrected chi connectivity index (χ4v) is 23.5. The van der Waals surface area contributed by atoms with Gasteiger partial charge in [0.05, 0.1) is 0 Å². The van der Waals surface area contributed by atoms with Crippen LogP contribution in [0.25, 0.3) is 79.0 Å². The maximum atomic E-state index is 6.83. The van der Waals surface area contributed by atoms with Crippen molar-refractivity contribution in [2.75, 3.05) is 0 Å². The summed E-state index contributed by atoms with van der Waals surface area (Å²) in [5.41, 5.74) is 36.1. The molecule has 4 aliphatic carbocycles. The number of furan rings is 2. The van der Waals surface area contributed by atoms with Gasteiger partial charge >= 0.3 is 523 Å². The van der Waals surface area contributed by atoms with Gasteiger partial charge in [-0.2, -0.15) is 0 Å². The number of hydrogen-bond acceptors (Lipinski definition) is 2. The molecule has 4 atom stereocenters. The summed E-state index contributed by atoms with van der Waals surface area (Å²) in [5.74, 6) is 3.73. The Labute approximate surface area is 518 Å². The van der Waals surface area contributed by atoms with Gasteiger partial charge < -0.3 is 0 Å². The first-order chi connectivity index (χ1) is 41.2. The second kappa shape index (κ2) is 21.8. The molecular formula is C80H74O2Si2Zr. The Bertz CT molecular complexity index is 4180. The molecular weight excluding hydrogens is 1140 g/mol. The molecule has 2 nitrogen and oxygen atoms in total. The Morgan fingerprint density at radius 2 is 0.694 bits per heavy atom. The van der Waals surface area contributed by atoms with Crippen molar-refractivity contribution in [3.05, 3.63) is 283 Å². The molecule has 0 spiro atoms. The molecule has 4 aliphatic rings. The van der Waals surface area contributed by atoms with E-state index < -0.39 is 40.8 Å². The topological polar surface area (TPSA) is 26.3 Å². The number of hydrogen-bond donors (Lipinski definition) is 0. The normalized spacial score (nSPS) is 17.7. The van der Waals surface area contributed by atoms with Crippen LogP contribution in [-0.4, -0.2) is 17.6 Å². The molecule has 0 saturated carbocycles. The summed E-state index contributed by atoms with van der Waals surface area (Å²) >= 11 is -1.62. The second-order valence-corrected chi connectivity index (χ2v) is 34.8. The molecule has 14 rings (SSSR count). The van der Waals surface area contributed by atoms with Crippen molar-refractivity contribution in [1.29, 1.82) is 0 Å². The van der Waals surface area contributed by atoms with E-state index in [0.717, 1.165) is 23.0 Å². The molecule has 0 bridgehead atoms. The van der Waals surface area contributed by atoms with Gasteiger partial charge in [-0.25, -0.2) is 0 Å². The standard InChI is InChI=1S/2C40H37OSi.Zr/c2*1-24-17-19-31-32(36(24)28-13-9-7-10-14-28)23-33(34-20-18-26(3)41-34)40(31)37-25(2)21-30-22-35(42(5)6)27(4)38(39(30)37)29-15-11-8-12-16-29;/h2*7-23,40,42H,1-6H3;. The van der Waals surface area contributed by atoms with E-state index in [1.54, 1.807) is 32.6 Å². The Hall–Kier alpha value is -7.40. The Morgan fingerprint density at radius 3 is 1.01 bits per heavy atom. The van der Waals surface area contributed by atoms with Crippen LogP contribution in [0.3, 0.4) is 0 Å². The van der Waals surface area contributed by atoms with Gasteiger partial charge in [-0.1, -0.05) is 0 Å². The van der Waals surface area contributed by atoms with Gasteiger partial charge in [0.15, 0.2) is 0 Å². The molecule has 8 aromatic carbocycles. The van der Waals surface area contributed by atoms with Crippen LogP contribution in [-0.2, 0) is 23.2 Å². The summed E-state index contributed by atoms with van der Waals surface area (Å²) < 4.78 is 14.3. The summed E-state index contributed by atoms with van der Waals surface area (Å²) in [4.78, 5) is 0. The van der Waals surface area contributed by atoms with Gasteiger partial charge in [-0.3, -0.25) is 0 Å². The molecule has 4 unspecified atom stereocenters. The number of rotatable bonds is 12.